The number of carbonyl (C=O) groups excluding carboxylic acids is 1. The molecule has 27 heavy (non-hydrogen) atoms. The van der Waals surface area contributed by atoms with Crippen LogP contribution in [0.4, 0.5) is 8.78 Å². The van der Waals surface area contributed by atoms with Crippen LogP contribution < -0.4 is 24.3 Å². The Morgan fingerprint density at radius 3 is 2.19 bits per heavy atom. The molecule has 8 heteroatoms. The van der Waals surface area contributed by atoms with Gasteiger partial charge in [0.25, 0.3) is 5.91 Å². The summed E-state index contributed by atoms with van der Waals surface area (Å²) in [4.78, 5) is 12.6. The van der Waals surface area contributed by atoms with Crippen molar-refractivity contribution in [2.24, 2.45) is 0 Å². The molecule has 2 aromatic rings. The van der Waals surface area contributed by atoms with Gasteiger partial charge in [-0.2, -0.15) is 8.78 Å². The highest BCUT2D eigenvalue weighted by molar-refractivity contribution is 5.95. The number of hydrogen-bond donors (Lipinski definition) is 1. The Labute approximate surface area is 156 Å². The first kappa shape index (κ1) is 20.3. The van der Waals surface area contributed by atoms with Crippen LogP contribution in [0.25, 0.3) is 0 Å². The van der Waals surface area contributed by atoms with Crippen LogP contribution in [0.1, 0.15) is 28.9 Å². The van der Waals surface area contributed by atoms with E-state index in [1.165, 1.54) is 39.5 Å². The number of methoxy groups -OCH3 is 3. The lowest BCUT2D eigenvalue weighted by atomic mass is 10.1. The number of alkyl halides is 2. The molecule has 1 N–H and O–H groups in total. The van der Waals surface area contributed by atoms with Crippen LogP contribution in [0.15, 0.2) is 36.4 Å². The Morgan fingerprint density at radius 1 is 0.926 bits per heavy atom. The maximum atomic E-state index is 12.6. The molecule has 2 rings (SSSR count). The molecule has 1 atom stereocenters. The Kier molecular flexibility index (Phi) is 6.81. The average molecular weight is 381 g/mol. The van der Waals surface area contributed by atoms with Gasteiger partial charge in [0.15, 0.2) is 11.5 Å². The van der Waals surface area contributed by atoms with E-state index in [1.807, 2.05) is 0 Å². The maximum Gasteiger partial charge on any atom is 0.387 e. The normalized spacial score (nSPS) is 11.7. The first-order valence-electron chi connectivity index (χ1n) is 8.05. The van der Waals surface area contributed by atoms with Gasteiger partial charge >= 0.3 is 6.61 Å². The summed E-state index contributed by atoms with van der Waals surface area (Å²) < 4.78 is 45.0. The van der Waals surface area contributed by atoms with E-state index in [2.05, 4.69) is 10.1 Å². The molecule has 0 radical (unpaired) electrons. The largest absolute Gasteiger partial charge is 0.497 e. The lowest BCUT2D eigenvalue weighted by Crippen LogP contribution is -2.27. The first-order valence-corrected chi connectivity index (χ1v) is 8.05. The van der Waals surface area contributed by atoms with E-state index >= 15 is 0 Å². The average Bonchev–Trinajstić information content (AvgIpc) is 2.66. The van der Waals surface area contributed by atoms with Gasteiger partial charge in [0.1, 0.15) is 11.5 Å². The smallest absolute Gasteiger partial charge is 0.387 e. The first-order chi connectivity index (χ1) is 12.9. The van der Waals surface area contributed by atoms with Crippen LogP contribution in [-0.2, 0) is 0 Å². The van der Waals surface area contributed by atoms with Crippen molar-refractivity contribution in [3.63, 3.8) is 0 Å². The number of benzene rings is 2. The van der Waals surface area contributed by atoms with E-state index in [1.54, 1.807) is 25.1 Å². The van der Waals surface area contributed by atoms with Crippen molar-refractivity contribution in [1.29, 1.82) is 0 Å². The van der Waals surface area contributed by atoms with Gasteiger partial charge in [0.05, 0.1) is 27.4 Å². The minimum atomic E-state index is -3.03. The number of carbonyl (C=O) groups is 1. The SMILES string of the molecule is COc1ccc(OC)c(C(C)NC(=O)c2ccc(OC)c(OC(F)F)c2)c1. The number of hydrogen-bond acceptors (Lipinski definition) is 5. The van der Waals surface area contributed by atoms with Gasteiger partial charge in [-0.1, -0.05) is 0 Å². The quantitative estimate of drug-likeness (QED) is 0.753. The van der Waals surface area contributed by atoms with Crippen LogP contribution >= 0.6 is 0 Å². The molecule has 0 aliphatic rings. The number of halogens is 2. The van der Waals surface area contributed by atoms with Crippen molar-refractivity contribution in [2.45, 2.75) is 19.6 Å². The highest BCUT2D eigenvalue weighted by Crippen LogP contribution is 2.31. The van der Waals surface area contributed by atoms with Crippen LogP contribution in [0.3, 0.4) is 0 Å². The minimum Gasteiger partial charge on any atom is -0.497 e. The topological polar surface area (TPSA) is 66.0 Å². The number of rotatable bonds is 8. The molecule has 0 spiro atoms. The van der Waals surface area contributed by atoms with Crippen molar-refractivity contribution in [3.05, 3.63) is 47.5 Å². The van der Waals surface area contributed by atoms with Crippen LogP contribution in [0.5, 0.6) is 23.0 Å². The van der Waals surface area contributed by atoms with E-state index in [0.29, 0.717) is 17.1 Å². The molecule has 0 saturated heterocycles. The molecule has 0 fully saturated rings. The predicted octanol–water partition coefficient (Wildman–Crippen LogP) is 3.80. The fraction of sp³-hybridized carbons (Fsp3) is 0.316. The molecule has 2 aromatic carbocycles. The number of amides is 1. The van der Waals surface area contributed by atoms with Crippen molar-refractivity contribution < 1.29 is 32.5 Å². The lowest BCUT2D eigenvalue weighted by molar-refractivity contribution is -0.0512. The molecule has 0 aliphatic carbocycles. The van der Waals surface area contributed by atoms with Crippen LogP contribution in [0, 0.1) is 0 Å². The van der Waals surface area contributed by atoms with Crippen molar-refractivity contribution >= 4 is 5.91 Å². The third kappa shape index (κ3) is 4.99. The third-order valence-electron chi connectivity index (χ3n) is 3.89. The van der Waals surface area contributed by atoms with Crippen molar-refractivity contribution in [2.75, 3.05) is 21.3 Å². The number of ether oxygens (including phenoxy) is 4. The third-order valence-corrected chi connectivity index (χ3v) is 3.89. The molecule has 0 aromatic heterocycles. The van der Waals surface area contributed by atoms with Gasteiger partial charge in [0.2, 0.25) is 0 Å². The zero-order valence-electron chi connectivity index (χ0n) is 15.4. The van der Waals surface area contributed by atoms with Gasteiger partial charge in [-0.3, -0.25) is 4.79 Å². The Morgan fingerprint density at radius 2 is 1.59 bits per heavy atom. The summed E-state index contributed by atoms with van der Waals surface area (Å²) in [7, 11) is 4.39. The van der Waals surface area contributed by atoms with E-state index in [-0.39, 0.29) is 17.1 Å². The zero-order valence-corrected chi connectivity index (χ0v) is 15.4. The molecule has 1 amide bonds. The molecule has 6 nitrogen and oxygen atoms in total. The summed E-state index contributed by atoms with van der Waals surface area (Å²) >= 11 is 0. The minimum absolute atomic E-state index is 0.106. The van der Waals surface area contributed by atoms with Gasteiger partial charge in [-0.05, 0) is 43.3 Å². The number of nitrogens with one attached hydrogen (secondary N) is 1. The van der Waals surface area contributed by atoms with Gasteiger partial charge < -0.3 is 24.3 Å². The fourth-order valence-corrected chi connectivity index (χ4v) is 2.54. The molecule has 0 aliphatic heterocycles. The molecule has 0 saturated carbocycles. The van der Waals surface area contributed by atoms with Crippen molar-refractivity contribution in [1.82, 2.24) is 5.32 Å². The summed E-state index contributed by atoms with van der Waals surface area (Å²) in [5.74, 6) is 0.624. The summed E-state index contributed by atoms with van der Waals surface area (Å²) in [5, 5.41) is 2.80. The molecular weight excluding hydrogens is 360 g/mol. The highest BCUT2D eigenvalue weighted by atomic mass is 19.3. The van der Waals surface area contributed by atoms with E-state index in [0.717, 1.165) is 0 Å². The molecule has 0 heterocycles. The molecule has 1 unspecified atom stereocenters. The molecule has 146 valence electrons. The van der Waals surface area contributed by atoms with Gasteiger partial charge in [-0.15, -0.1) is 0 Å². The summed E-state index contributed by atoms with van der Waals surface area (Å²) in [5.41, 5.74) is 0.864. The fourth-order valence-electron chi connectivity index (χ4n) is 2.54. The standard InChI is InChI=1S/C19H21F2NO5/c1-11(14-10-13(24-2)6-8-15(14)25-3)22-18(23)12-5-7-16(26-4)17(9-12)27-19(20)21/h5-11,19H,1-4H3,(H,22,23). The van der Waals surface area contributed by atoms with Crippen LogP contribution in [-0.4, -0.2) is 33.8 Å². The Hall–Kier alpha value is -3.03. The second kappa shape index (κ2) is 9.07. The summed E-state index contributed by atoms with van der Waals surface area (Å²) in [6, 6.07) is 8.86. The monoisotopic (exact) mass is 381 g/mol. The predicted molar refractivity (Wildman–Crippen MR) is 95.1 cm³/mol. The lowest BCUT2D eigenvalue weighted by Gasteiger charge is -2.19. The molecule has 0 bridgehead atoms. The van der Waals surface area contributed by atoms with Crippen molar-refractivity contribution in [3.8, 4) is 23.0 Å². The highest BCUT2D eigenvalue weighted by Gasteiger charge is 2.18. The maximum absolute atomic E-state index is 12.6. The van der Waals surface area contributed by atoms with Gasteiger partial charge in [-0.25, -0.2) is 0 Å². The Balaban J connectivity index is 2.24. The van der Waals surface area contributed by atoms with Gasteiger partial charge in [0, 0.05) is 11.1 Å². The molecular formula is C19H21F2NO5. The summed E-state index contributed by atoms with van der Waals surface area (Å²) in [6.45, 7) is -1.26. The van der Waals surface area contributed by atoms with Crippen LogP contribution in [0.2, 0.25) is 0 Å². The second-order valence-electron chi connectivity index (χ2n) is 5.55. The van der Waals surface area contributed by atoms with E-state index in [4.69, 9.17) is 14.2 Å². The summed E-state index contributed by atoms with van der Waals surface area (Å²) in [6.07, 6.45) is 0. The van der Waals surface area contributed by atoms with E-state index < -0.39 is 18.6 Å². The zero-order chi connectivity index (χ0) is 20.0. The second-order valence-corrected chi connectivity index (χ2v) is 5.55. The Bertz CT molecular complexity index is 798. The van der Waals surface area contributed by atoms with E-state index in [9.17, 15) is 13.6 Å².